The second kappa shape index (κ2) is 11.0. The quantitative estimate of drug-likeness (QED) is 0.376. The first kappa shape index (κ1) is 32.1. The van der Waals surface area contributed by atoms with Crippen molar-refractivity contribution in [3.05, 3.63) is 88.0 Å². The van der Waals surface area contributed by atoms with Crippen LogP contribution in [0.5, 0.6) is 0 Å². The first-order valence-electron chi connectivity index (χ1n) is 15.8. The largest absolute Gasteiger partial charge is 1.00 e. The molecule has 5 aliphatic carbocycles. The molecule has 0 heterocycles. The van der Waals surface area contributed by atoms with Gasteiger partial charge in [0.25, 0.3) is 0 Å². The summed E-state index contributed by atoms with van der Waals surface area (Å²) in [5.74, 6) is 0.592. The average Bonchev–Trinajstić information content (AvgIpc) is 3.60. The van der Waals surface area contributed by atoms with E-state index in [1.165, 1.54) is 65.5 Å². The molecule has 7 rings (SSSR count). The molecule has 0 amide bonds. The van der Waals surface area contributed by atoms with Crippen LogP contribution < -0.4 is 24.8 Å². The van der Waals surface area contributed by atoms with E-state index >= 15 is 0 Å². The fraction of sp³-hybridized carbons (Fsp3) is 0.462. The summed E-state index contributed by atoms with van der Waals surface area (Å²) in [7, 11) is 0. The van der Waals surface area contributed by atoms with E-state index < -0.39 is 21.3 Å². The summed E-state index contributed by atoms with van der Waals surface area (Å²) in [6.45, 7) is 19.5. The van der Waals surface area contributed by atoms with E-state index in [2.05, 4.69) is 110 Å². The fourth-order valence-corrected chi connectivity index (χ4v) is 17.7. The van der Waals surface area contributed by atoms with Gasteiger partial charge in [0.15, 0.2) is 0 Å². The Hall–Kier alpha value is -1.27. The van der Waals surface area contributed by atoms with E-state index in [0.717, 1.165) is 6.42 Å². The summed E-state index contributed by atoms with van der Waals surface area (Å²) in [6, 6.07) is 10.2. The predicted octanol–water partition coefficient (Wildman–Crippen LogP) is 4.46. The molecule has 220 valence electrons. The van der Waals surface area contributed by atoms with Gasteiger partial charge in [-0.15, -0.1) is 0 Å². The molecule has 0 bridgehead atoms. The summed E-state index contributed by atoms with van der Waals surface area (Å²) < 4.78 is 5.68. The van der Waals surface area contributed by atoms with Crippen molar-refractivity contribution in [2.24, 2.45) is 11.3 Å². The van der Waals surface area contributed by atoms with Crippen LogP contribution >= 0.6 is 0 Å². The molecule has 0 nitrogen and oxygen atoms in total. The van der Waals surface area contributed by atoms with E-state index in [4.69, 9.17) is 0 Å². The van der Waals surface area contributed by atoms with E-state index in [-0.39, 0.29) is 41.1 Å². The molecule has 1 saturated carbocycles. The van der Waals surface area contributed by atoms with Crippen LogP contribution in [0, 0.1) is 11.3 Å². The maximum absolute atomic E-state index is 2.71. The van der Waals surface area contributed by atoms with Gasteiger partial charge in [-0.25, -0.2) is 0 Å². The Balaban J connectivity index is 0.00000176. The minimum Gasteiger partial charge on any atom is -1.00 e. The van der Waals surface area contributed by atoms with Crippen LogP contribution in [0.1, 0.15) is 121 Å². The van der Waals surface area contributed by atoms with Crippen LogP contribution in [0.3, 0.4) is 0 Å². The zero-order valence-electron chi connectivity index (χ0n) is 26.8. The average molecular weight is 677 g/mol. The Labute approximate surface area is 274 Å². The number of allylic oxidation sites excluding steroid dienone is 6. The van der Waals surface area contributed by atoms with Crippen LogP contribution in [-0.4, -0.2) is 3.21 Å². The minimum absolute atomic E-state index is 0. The summed E-state index contributed by atoms with van der Waals surface area (Å²) in [6.07, 6.45) is 20.8. The molecule has 0 spiro atoms. The van der Waals surface area contributed by atoms with Gasteiger partial charge >= 0.3 is 252 Å². The van der Waals surface area contributed by atoms with E-state index in [1.807, 2.05) is 9.77 Å². The molecule has 1 fully saturated rings. The monoisotopic (exact) mass is 674 g/mol. The minimum atomic E-state index is -2.23. The van der Waals surface area contributed by atoms with Gasteiger partial charge in [-0.2, -0.15) is 0 Å². The van der Waals surface area contributed by atoms with Gasteiger partial charge in [0, 0.05) is 0 Å². The summed E-state index contributed by atoms with van der Waals surface area (Å²) >= 11 is -2.23. The first-order valence-corrected chi connectivity index (χ1v) is 19.5. The van der Waals surface area contributed by atoms with Crippen LogP contribution in [0.25, 0.3) is 23.3 Å². The number of benzene rings is 2. The number of hydrogen-bond acceptors (Lipinski definition) is 0. The predicted molar refractivity (Wildman–Crippen MR) is 171 cm³/mol. The summed E-state index contributed by atoms with van der Waals surface area (Å²) in [5, 5.41) is 0. The van der Waals surface area contributed by atoms with Crippen molar-refractivity contribution in [2.75, 3.05) is 0 Å². The van der Waals surface area contributed by atoms with Gasteiger partial charge < -0.3 is 24.8 Å². The molecule has 42 heavy (non-hydrogen) atoms. The van der Waals surface area contributed by atoms with Crippen LogP contribution in [-0.2, 0) is 38.5 Å². The first-order chi connectivity index (χ1) is 18.8. The Bertz CT molecular complexity index is 1620. The second-order valence-electron chi connectivity index (χ2n) is 15.4. The molecule has 0 aliphatic heterocycles. The molecular formula is C39H46Cl2Zr. The fourth-order valence-electron chi connectivity index (χ4n) is 8.18. The third kappa shape index (κ3) is 5.03. The molecule has 1 unspecified atom stereocenters. The zero-order chi connectivity index (χ0) is 28.2. The summed E-state index contributed by atoms with van der Waals surface area (Å²) in [4.78, 5) is 0. The van der Waals surface area contributed by atoms with Gasteiger partial charge in [0.2, 0.25) is 0 Å². The van der Waals surface area contributed by atoms with Gasteiger partial charge in [-0.05, 0) is 0 Å². The van der Waals surface area contributed by atoms with Crippen LogP contribution in [0.4, 0.5) is 0 Å². The molecule has 2 aromatic rings. The smallest absolute Gasteiger partial charge is 1.00 e. The number of fused-ring (bicyclic) bond motifs is 5. The molecule has 2 aromatic carbocycles. The van der Waals surface area contributed by atoms with Crippen molar-refractivity contribution in [1.29, 1.82) is 0 Å². The van der Waals surface area contributed by atoms with E-state index in [0.29, 0.717) is 5.92 Å². The number of halogens is 2. The second-order valence-corrected chi connectivity index (χ2v) is 21.7. The number of rotatable bonds is 2. The Morgan fingerprint density at radius 3 is 2.02 bits per heavy atom. The number of hydrogen-bond donors (Lipinski definition) is 0. The van der Waals surface area contributed by atoms with Gasteiger partial charge in [0.1, 0.15) is 0 Å². The molecule has 0 radical (unpaired) electrons. The third-order valence-electron chi connectivity index (χ3n) is 10.7. The normalized spacial score (nSPS) is 22.0. The van der Waals surface area contributed by atoms with Crippen molar-refractivity contribution in [2.45, 2.75) is 105 Å². The Morgan fingerprint density at radius 2 is 1.40 bits per heavy atom. The molecule has 0 aromatic heterocycles. The standard InChI is InChI=1S/C23H21.C10H15.C6H10.2ClH.Zr/c1-22(2)7-5-14-10-18-16(12-20(14)22)9-17-13-21-15(11-19(17)18)6-8-23(21,3)4;1-8-5-6-9(7-8)10(2,3)4;1-2-4-6-5-3-1;;;/h5-7,10-13H,9H2,1-4H3;6-8H,1-4H3;1-5H2;2*1H;/q;;;;;+2/p-2. The summed E-state index contributed by atoms with van der Waals surface area (Å²) in [5.41, 5.74) is 14.1. The molecule has 0 N–H and O–H groups in total. The molecule has 3 heteroatoms. The third-order valence-corrected chi connectivity index (χ3v) is 19.8. The Morgan fingerprint density at radius 1 is 0.786 bits per heavy atom. The van der Waals surface area contributed by atoms with E-state index in [1.54, 1.807) is 16.7 Å². The maximum Gasteiger partial charge on any atom is -1.00 e. The van der Waals surface area contributed by atoms with Crippen LogP contribution in [0.15, 0.2) is 54.6 Å². The molecular weight excluding hydrogens is 631 g/mol. The van der Waals surface area contributed by atoms with Crippen molar-refractivity contribution < 1.29 is 46.1 Å². The maximum atomic E-state index is 2.71. The van der Waals surface area contributed by atoms with Crippen molar-refractivity contribution in [3.8, 4) is 11.1 Å². The Kier molecular flexibility index (Phi) is 8.39. The van der Waals surface area contributed by atoms with Crippen molar-refractivity contribution >= 4 is 15.4 Å². The van der Waals surface area contributed by atoms with Gasteiger partial charge in [-0.3, -0.25) is 0 Å². The van der Waals surface area contributed by atoms with E-state index in [9.17, 15) is 0 Å². The molecule has 0 saturated heterocycles. The van der Waals surface area contributed by atoms with Crippen molar-refractivity contribution in [3.63, 3.8) is 0 Å². The van der Waals surface area contributed by atoms with Gasteiger partial charge in [0.05, 0.1) is 0 Å². The van der Waals surface area contributed by atoms with Crippen LogP contribution in [0.2, 0.25) is 0 Å². The SMILES string of the molecule is CC1C=C(C(C)(C)C)C=[C]1[Zr+2]([C]1=Cc2cc3c(cc2C1(C)C)Cc1cc2c(cc1-3)C=CC2(C)C)=[C]1CCCCC1.[Cl-].[Cl-]. The topological polar surface area (TPSA) is 0 Å². The van der Waals surface area contributed by atoms with Gasteiger partial charge in [-0.1, -0.05) is 0 Å². The molecule has 5 aliphatic rings. The van der Waals surface area contributed by atoms with Crippen molar-refractivity contribution in [1.82, 2.24) is 0 Å². The zero-order valence-corrected chi connectivity index (χ0v) is 30.7. The molecule has 1 atom stereocenters.